The van der Waals surface area contributed by atoms with E-state index >= 15 is 0 Å². The molecule has 1 unspecified atom stereocenters. The Bertz CT molecular complexity index is 349. The lowest BCUT2D eigenvalue weighted by Gasteiger charge is -2.08. The second-order valence-electron chi connectivity index (χ2n) is 3.22. The molecule has 0 aliphatic rings. The van der Waals surface area contributed by atoms with Crippen LogP contribution in [0.25, 0.3) is 0 Å². The highest BCUT2D eigenvalue weighted by Crippen LogP contribution is 2.24. The van der Waals surface area contributed by atoms with Crippen molar-refractivity contribution in [2.75, 3.05) is 0 Å². The van der Waals surface area contributed by atoms with Gasteiger partial charge in [-0.2, -0.15) is 0 Å². The smallest absolute Gasteiger partial charge is 0.152 e. The number of hydrogen-bond acceptors (Lipinski definition) is 1. The quantitative estimate of drug-likeness (QED) is 0.612. The fraction of sp³-hybridized carbons (Fsp3) is 0.364. The summed E-state index contributed by atoms with van der Waals surface area (Å²) in [7, 11) is 0. The highest BCUT2D eigenvalue weighted by molar-refractivity contribution is 14.1. The van der Waals surface area contributed by atoms with Crippen molar-refractivity contribution in [1.82, 2.24) is 0 Å². The SMILES string of the molecule is CCc1cc(I)cc(C(Cl)C(C)=O)c1. The standard InChI is InChI=1S/C11H12ClIO/c1-3-8-4-9(6-10(13)5-8)11(12)7(2)14/h4-6,11H,3H2,1-2H3. The van der Waals surface area contributed by atoms with Crippen molar-refractivity contribution < 1.29 is 4.79 Å². The summed E-state index contributed by atoms with van der Waals surface area (Å²) < 4.78 is 1.13. The van der Waals surface area contributed by atoms with Crippen LogP contribution in [0.15, 0.2) is 18.2 Å². The first-order valence-electron chi connectivity index (χ1n) is 4.48. The maximum absolute atomic E-state index is 11.1. The number of ketones is 1. The molecule has 3 heteroatoms. The summed E-state index contributed by atoms with van der Waals surface area (Å²) in [5.74, 6) is -0.00396. The van der Waals surface area contributed by atoms with Gasteiger partial charge in [-0.05, 0) is 59.2 Å². The number of carbonyl (C=O) groups excluding carboxylic acids is 1. The molecule has 0 N–H and O–H groups in total. The normalized spacial score (nSPS) is 12.6. The van der Waals surface area contributed by atoms with Crippen molar-refractivity contribution in [3.8, 4) is 0 Å². The average molecular weight is 323 g/mol. The Morgan fingerprint density at radius 2 is 2.14 bits per heavy atom. The van der Waals surface area contributed by atoms with Crippen LogP contribution in [0.2, 0.25) is 0 Å². The van der Waals surface area contributed by atoms with Gasteiger partial charge < -0.3 is 0 Å². The van der Waals surface area contributed by atoms with Crippen LogP contribution >= 0.6 is 34.2 Å². The highest BCUT2D eigenvalue weighted by Gasteiger charge is 2.13. The van der Waals surface area contributed by atoms with Crippen LogP contribution < -0.4 is 0 Å². The van der Waals surface area contributed by atoms with Crippen LogP contribution in [0.4, 0.5) is 0 Å². The van der Waals surface area contributed by atoms with Crippen LogP contribution in [0.1, 0.15) is 30.4 Å². The minimum Gasteiger partial charge on any atom is -0.298 e. The molecular weight excluding hydrogens is 310 g/mol. The number of Topliss-reactive ketones (excluding diaryl/α,β-unsaturated/α-hetero) is 1. The topological polar surface area (TPSA) is 17.1 Å². The molecule has 0 aromatic heterocycles. The fourth-order valence-electron chi connectivity index (χ4n) is 1.26. The van der Waals surface area contributed by atoms with Gasteiger partial charge in [0, 0.05) is 3.57 Å². The van der Waals surface area contributed by atoms with Crippen molar-refractivity contribution in [3.05, 3.63) is 32.9 Å². The molecule has 0 amide bonds. The third-order valence-corrected chi connectivity index (χ3v) is 3.22. The lowest BCUT2D eigenvalue weighted by Crippen LogP contribution is -2.02. The van der Waals surface area contributed by atoms with Crippen LogP contribution in [-0.4, -0.2) is 5.78 Å². The van der Waals surface area contributed by atoms with E-state index in [4.69, 9.17) is 11.6 Å². The number of halogens is 2. The predicted molar refractivity (Wildman–Crippen MR) is 67.8 cm³/mol. The van der Waals surface area contributed by atoms with Gasteiger partial charge >= 0.3 is 0 Å². The second-order valence-corrected chi connectivity index (χ2v) is 4.90. The molecular formula is C11H12ClIO. The highest BCUT2D eigenvalue weighted by atomic mass is 127. The zero-order valence-electron chi connectivity index (χ0n) is 8.18. The molecule has 1 nitrogen and oxygen atoms in total. The minimum absolute atomic E-state index is 0.00396. The number of aryl methyl sites for hydroxylation is 1. The van der Waals surface area contributed by atoms with E-state index in [2.05, 4.69) is 35.6 Å². The second kappa shape index (κ2) is 5.12. The van der Waals surface area contributed by atoms with Crippen LogP contribution in [0.5, 0.6) is 0 Å². The van der Waals surface area contributed by atoms with Gasteiger partial charge in [-0.1, -0.05) is 13.0 Å². The van der Waals surface area contributed by atoms with E-state index in [0.29, 0.717) is 0 Å². The van der Waals surface area contributed by atoms with Gasteiger partial charge in [0.05, 0.1) is 0 Å². The minimum atomic E-state index is -0.505. The molecule has 0 spiro atoms. The van der Waals surface area contributed by atoms with Crippen molar-refractivity contribution in [2.24, 2.45) is 0 Å². The Morgan fingerprint density at radius 1 is 1.50 bits per heavy atom. The van der Waals surface area contributed by atoms with Gasteiger partial charge in [0.1, 0.15) is 5.38 Å². The summed E-state index contributed by atoms with van der Waals surface area (Å²) in [6.45, 7) is 3.61. The first-order chi connectivity index (χ1) is 6.54. The van der Waals surface area contributed by atoms with Gasteiger partial charge in [-0.15, -0.1) is 11.6 Å². The Balaban J connectivity index is 3.08. The lowest BCUT2D eigenvalue weighted by atomic mass is 10.0. The van der Waals surface area contributed by atoms with Gasteiger partial charge in [0.15, 0.2) is 5.78 Å². The molecule has 0 aliphatic heterocycles. The summed E-state index contributed by atoms with van der Waals surface area (Å²) >= 11 is 8.23. The number of alkyl halides is 1. The van der Waals surface area contributed by atoms with Crippen molar-refractivity contribution in [1.29, 1.82) is 0 Å². The Kier molecular flexibility index (Phi) is 4.38. The molecule has 1 rings (SSSR count). The monoisotopic (exact) mass is 322 g/mol. The molecule has 1 aromatic rings. The Hall–Kier alpha value is -0.0900. The maximum Gasteiger partial charge on any atom is 0.152 e. The summed E-state index contributed by atoms with van der Waals surface area (Å²) in [6.07, 6.45) is 0.964. The van der Waals surface area contributed by atoms with E-state index in [1.165, 1.54) is 12.5 Å². The summed E-state index contributed by atoms with van der Waals surface area (Å²) in [4.78, 5) is 11.1. The van der Waals surface area contributed by atoms with Crippen molar-refractivity contribution in [2.45, 2.75) is 25.6 Å². The van der Waals surface area contributed by atoms with Gasteiger partial charge in [-0.25, -0.2) is 0 Å². The average Bonchev–Trinajstić information content (AvgIpc) is 2.15. The Morgan fingerprint density at radius 3 is 2.64 bits per heavy atom. The molecule has 76 valence electrons. The van der Waals surface area contributed by atoms with Gasteiger partial charge in [0.25, 0.3) is 0 Å². The van der Waals surface area contributed by atoms with Gasteiger partial charge in [0.2, 0.25) is 0 Å². The summed E-state index contributed by atoms with van der Waals surface area (Å²) in [5.41, 5.74) is 2.13. The number of rotatable bonds is 3. The summed E-state index contributed by atoms with van der Waals surface area (Å²) in [6, 6.07) is 6.06. The van der Waals surface area contributed by atoms with E-state index in [1.54, 1.807) is 0 Å². The molecule has 1 aromatic carbocycles. The van der Waals surface area contributed by atoms with Crippen LogP contribution in [0.3, 0.4) is 0 Å². The first-order valence-corrected chi connectivity index (χ1v) is 6.00. The van der Waals surface area contributed by atoms with Crippen LogP contribution in [-0.2, 0) is 11.2 Å². The lowest BCUT2D eigenvalue weighted by molar-refractivity contribution is -0.116. The number of benzene rings is 1. The molecule has 0 aliphatic carbocycles. The maximum atomic E-state index is 11.1. The van der Waals surface area contributed by atoms with Crippen molar-refractivity contribution >= 4 is 40.0 Å². The molecule has 1 atom stereocenters. The molecule has 0 saturated carbocycles. The van der Waals surface area contributed by atoms with Crippen molar-refractivity contribution in [3.63, 3.8) is 0 Å². The van der Waals surface area contributed by atoms with E-state index in [1.807, 2.05) is 12.1 Å². The third-order valence-electron chi connectivity index (χ3n) is 2.04. The summed E-state index contributed by atoms with van der Waals surface area (Å²) in [5, 5.41) is -0.505. The fourth-order valence-corrected chi connectivity index (χ4v) is 2.15. The predicted octanol–water partition coefficient (Wildman–Crippen LogP) is 3.72. The Labute approximate surface area is 103 Å². The zero-order valence-corrected chi connectivity index (χ0v) is 11.1. The molecule has 0 heterocycles. The van der Waals surface area contributed by atoms with E-state index < -0.39 is 5.38 Å². The number of carbonyl (C=O) groups is 1. The molecule has 0 bridgehead atoms. The van der Waals surface area contributed by atoms with E-state index in [9.17, 15) is 4.79 Å². The molecule has 0 fully saturated rings. The first kappa shape index (κ1) is 12.0. The largest absolute Gasteiger partial charge is 0.298 e. The van der Waals surface area contributed by atoms with E-state index in [-0.39, 0.29) is 5.78 Å². The molecule has 14 heavy (non-hydrogen) atoms. The van der Waals surface area contributed by atoms with Gasteiger partial charge in [-0.3, -0.25) is 4.79 Å². The molecule has 0 saturated heterocycles. The van der Waals surface area contributed by atoms with Crippen LogP contribution in [0, 0.1) is 3.57 Å². The number of hydrogen-bond donors (Lipinski definition) is 0. The van der Waals surface area contributed by atoms with E-state index in [0.717, 1.165) is 15.6 Å². The molecule has 0 radical (unpaired) electrons. The third kappa shape index (κ3) is 2.95. The zero-order chi connectivity index (χ0) is 10.7.